The number of nitrogens with zero attached hydrogens (tertiary/aromatic N) is 5. The van der Waals surface area contributed by atoms with Crippen LogP contribution in [-0.4, -0.2) is 62.0 Å². The largest absolute Gasteiger partial charge is 0.496 e. The highest BCUT2D eigenvalue weighted by Crippen LogP contribution is 2.31. The van der Waals surface area contributed by atoms with Gasteiger partial charge in [0.15, 0.2) is 5.82 Å². The van der Waals surface area contributed by atoms with Gasteiger partial charge in [-0.2, -0.15) is 0 Å². The van der Waals surface area contributed by atoms with Gasteiger partial charge in [-0.3, -0.25) is 4.79 Å². The van der Waals surface area contributed by atoms with Crippen LogP contribution in [0.2, 0.25) is 0 Å². The summed E-state index contributed by atoms with van der Waals surface area (Å²) in [6.45, 7) is 5.05. The zero-order valence-corrected chi connectivity index (χ0v) is 19.3. The second kappa shape index (κ2) is 9.87. The van der Waals surface area contributed by atoms with Gasteiger partial charge >= 0.3 is 6.03 Å². The molecule has 3 aromatic rings. The molecule has 0 unspecified atom stereocenters. The van der Waals surface area contributed by atoms with E-state index in [1.54, 1.807) is 39.8 Å². The molecule has 0 saturated carbocycles. The first kappa shape index (κ1) is 23.2. The molecule has 11 nitrogen and oxygen atoms in total. The second-order valence-corrected chi connectivity index (χ2v) is 7.97. The van der Waals surface area contributed by atoms with Crippen LogP contribution >= 0.6 is 0 Å². The maximum atomic E-state index is 13.1. The van der Waals surface area contributed by atoms with Gasteiger partial charge < -0.3 is 29.9 Å². The number of carbonyl (C=O) groups is 2. The van der Waals surface area contributed by atoms with E-state index in [2.05, 4.69) is 25.8 Å². The maximum Gasteiger partial charge on any atom is 0.317 e. The van der Waals surface area contributed by atoms with Gasteiger partial charge in [-0.1, -0.05) is 6.07 Å². The summed E-state index contributed by atoms with van der Waals surface area (Å²) < 4.78 is 7.18. The van der Waals surface area contributed by atoms with Crippen molar-refractivity contribution < 1.29 is 19.4 Å². The van der Waals surface area contributed by atoms with E-state index in [1.165, 1.54) is 13.4 Å². The molecule has 3 heterocycles. The molecule has 1 aliphatic heterocycles. The lowest BCUT2D eigenvalue weighted by molar-refractivity contribution is 0.102. The zero-order valence-electron chi connectivity index (χ0n) is 19.3. The van der Waals surface area contributed by atoms with E-state index in [9.17, 15) is 14.7 Å². The molecule has 1 aromatic carbocycles. The number of pyridine rings is 1. The Bertz CT molecular complexity index is 1210. The molecule has 1 atom stereocenters. The molecule has 0 fully saturated rings. The summed E-state index contributed by atoms with van der Waals surface area (Å²) >= 11 is 0. The molecule has 0 aliphatic carbocycles. The van der Waals surface area contributed by atoms with Crippen LogP contribution in [0.3, 0.4) is 0 Å². The van der Waals surface area contributed by atoms with Crippen LogP contribution in [0.25, 0.3) is 11.5 Å². The summed E-state index contributed by atoms with van der Waals surface area (Å²) in [5.41, 5.74) is 2.69. The number of aliphatic hydroxyl groups excluding tert-OH is 1. The number of aromatic nitrogens is 4. The van der Waals surface area contributed by atoms with Gasteiger partial charge in [-0.15, -0.1) is 10.2 Å². The monoisotopic (exact) mass is 465 g/mol. The second-order valence-electron chi connectivity index (χ2n) is 7.97. The standard InChI is InChI=1S/C23H27N7O4/c1-4-24-23(33)29-10-15-8-17(19(34-3)9-16(15)11-29)22(32)27-20-7-5-6-18(26-20)21-28-25-13-30(21)14(2)12-31/h5-9,13-14,31H,4,10-12H2,1-3H3,(H,24,33)(H,26,27,32)/t14-/m1/s1. The lowest BCUT2D eigenvalue weighted by Crippen LogP contribution is -2.36. The predicted molar refractivity (Wildman–Crippen MR) is 124 cm³/mol. The summed E-state index contributed by atoms with van der Waals surface area (Å²) in [6, 6.07) is 8.37. The summed E-state index contributed by atoms with van der Waals surface area (Å²) in [5.74, 6) is 0.853. The summed E-state index contributed by atoms with van der Waals surface area (Å²) in [5, 5.41) is 23.1. The highest BCUT2D eigenvalue weighted by atomic mass is 16.5. The lowest BCUT2D eigenvalue weighted by Gasteiger charge is -2.15. The van der Waals surface area contributed by atoms with Crippen molar-refractivity contribution in [3.8, 4) is 17.3 Å². The Morgan fingerprint density at radius 2 is 2.00 bits per heavy atom. The average molecular weight is 466 g/mol. The van der Waals surface area contributed by atoms with Crippen LogP contribution < -0.4 is 15.4 Å². The van der Waals surface area contributed by atoms with Crippen molar-refractivity contribution in [3.05, 3.63) is 53.3 Å². The number of amides is 3. The van der Waals surface area contributed by atoms with Gasteiger partial charge in [0.05, 0.1) is 25.3 Å². The van der Waals surface area contributed by atoms with Gasteiger partial charge in [-0.05, 0) is 49.2 Å². The molecule has 0 radical (unpaired) electrons. The van der Waals surface area contributed by atoms with Crippen molar-refractivity contribution in [2.75, 3.05) is 25.6 Å². The zero-order chi connectivity index (χ0) is 24.2. The third kappa shape index (κ3) is 4.55. The molecular weight excluding hydrogens is 438 g/mol. The van der Waals surface area contributed by atoms with Gasteiger partial charge in [0, 0.05) is 19.6 Å². The summed E-state index contributed by atoms with van der Waals surface area (Å²) in [7, 11) is 1.50. The van der Waals surface area contributed by atoms with Crippen LogP contribution in [0.1, 0.15) is 41.4 Å². The van der Waals surface area contributed by atoms with Crippen LogP contribution in [0.4, 0.5) is 10.6 Å². The number of anilines is 1. The van der Waals surface area contributed by atoms with E-state index in [-0.39, 0.29) is 24.6 Å². The Hall–Kier alpha value is -3.99. The number of nitrogens with one attached hydrogen (secondary N) is 2. The van der Waals surface area contributed by atoms with Crippen molar-refractivity contribution in [2.24, 2.45) is 0 Å². The number of urea groups is 1. The number of fused-ring (bicyclic) bond motifs is 1. The molecule has 4 rings (SSSR count). The molecule has 0 spiro atoms. The predicted octanol–water partition coefficient (Wildman–Crippen LogP) is 2.20. The molecule has 1 aliphatic rings. The number of carbonyl (C=O) groups excluding carboxylic acids is 2. The fourth-order valence-corrected chi connectivity index (χ4v) is 3.83. The van der Waals surface area contributed by atoms with Crippen LogP contribution in [-0.2, 0) is 13.1 Å². The third-order valence-electron chi connectivity index (χ3n) is 5.64. The molecule has 3 amide bonds. The summed E-state index contributed by atoms with van der Waals surface area (Å²) in [4.78, 5) is 31.5. The number of aliphatic hydroxyl groups is 1. The molecule has 2 aromatic heterocycles. The van der Waals surface area contributed by atoms with Crippen molar-refractivity contribution in [2.45, 2.75) is 33.0 Å². The number of hydrogen-bond donors (Lipinski definition) is 3. The Labute approximate surface area is 196 Å². The fourth-order valence-electron chi connectivity index (χ4n) is 3.83. The molecule has 11 heteroatoms. The topological polar surface area (TPSA) is 134 Å². The van der Waals surface area contributed by atoms with Crippen molar-refractivity contribution in [3.63, 3.8) is 0 Å². The highest BCUT2D eigenvalue weighted by molar-refractivity contribution is 6.06. The Kier molecular flexibility index (Phi) is 6.73. The van der Waals surface area contributed by atoms with Gasteiger partial charge in [-0.25, -0.2) is 9.78 Å². The Balaban J connectivity index is 1.57. The third-order valence-corrected chi connectivity index (χ3v) is 5.64. The van der Waals surface area contributed by atoms with Gasteiger partial charge in [0.1, 0.15) is 23.6 Å². The van der Waals surface area contributed by atoms with Crippen LogP contribution in [0, 0.1) is 0 Å². The van der Waals surface area contributed by atoms with Gasteiger partial charge in [0.25, 0.3) is 5.91 Å². The minimum atomic E-state index is -0.383. The molecule has 0 saturated heterocycles. The van der Waals surface area contributed by atoms with Crippen LogP contribution in [0.15, 0.2) is 36.7 Å². The molecule has 178 valence electrons. The Morgan fingerprint density at radius 3 is 2.71 bits per heavy atom. The molecule has 0 bridgehead atoms. The number of rotatable bonds is 7. The van der Waals surface area contributed by atoms with Crippen LogP contribution in [0.5, 0.6) is 5.75 Å². The normalized spacial score (nSPS) is 13.4. The maximum absolute atomic E-state index is 13.1. The summed E-state index contributed by atoms with van der Waals surface area (Å²) in [6.07, 6.45) is 1.53. The van der Waals surface area contributed by atoms with E-state index < -0.39 is 0 Å². The molecular formula is C23H27N7O4. The smallest absolute Gasteiger partial charge is 0.317 e. The van der Waals surface area contributed by atoms with E-state index in [0.29, 0.717) is 48.3 Å². The Morgan fingerprint density at radius 1 is 1.24 bits per heavy atom. The van der Waals surface area contributed by atoms with Crippen molar-refractivity contribution in [1.82, 2.24) is 30.0 Å². The highest BCUT2D eigenvalue weighted by Gasteiger charge is 2.26. The first-order valence-electron chi connectivity index (χ1n) is 11.0. The van der Waals surface area contributed by atoms with Crippen molar-refractivity contribution in [1.29, 1.82) is 0 Å². The quantitative estimate of drug-likeness (QED) is 0.487. The molecule has 3 N–H and O–H groups in total. The lowest BCUT2D eigenvalue weighted by atomic mass is 10.0. The number of ether oxygens (including phenoxy) is 1. The van der Waals surface area contributed by atoms with E-state index in [1.807, 2.05) is 13.8 Å². The SMILES string of the molecule is CCNC(=O)N1Cc2cc(OC)c(C(=O)Nc3cccc(-c4nncn4[C@H](C)CO)n3)cc2C1. The van der Waals surface area contributed by atoms with Gasteiger partial charge in [0.2, 0.25) is 0 Å². The van der Waals surface area contributed by atoms with E-state index in [0.717, 1.165) is 11.1 Å². The number of methoxy groups -OCH3 is 1. The first-order valence-corrected chi connectivity index (χ1v) is 11.0. The minimum Gasteiger partial charge on any atom is -0.496 e. The minimum absolute atomic E-state index is 0.0723. The number of benzene rings is 1. The van der Waals surface area contributed by atoms with Crippen molar-refractivity contribution >= 4 is 17.8 Å². The first-order chi connectivity index (χ1) is 16.4. The average Bonchev–Trinajstić information content (AvgIpc) is 3.50. The fraction of sp³-hybridized carbons (Fsp3) is 0.348. The van der Waals surface area contributed by atoms with E-state index in [4.69, 9.17) is 4.74 Å². The molecule has 34 heavy (non-hydrogen) atoms. The van der Waals surface area contributed by atoms with E-state index >= 15 is 0 Å². The number of hydrogen-bond acceptors (Lipinski definition) is 7.